The van der Waals surface area contributed by atoms with Crippen LogP contribution in [0.25, 0.3) is 5.57 Å². The molecule has 2 aliphatic rings. The predicted molar refractivity (Wildman–Crippen MR) is 99.1 cm³/mol. The summed E-state index contributed by atoms with van der Waals surface area (Å²) in [6.45, 7) is 5.25. The minimum atomic E-state index is 0.315. The lowest BCUT2D eigenvalue weighted by Gasteiger charge is -2.21. The molecule has 1 aromatic heterocycles. The molecule has 3 heterocycles. The predicted octanol–water partition coefficient (Wildman–Crippen LogP) is 2.97. The SMILES string of the molecule is CCCCN/C=C1\C(=N)C(N)=Nc2cc(C3CCNCC3)sc21. The fourth-order valence-electron chi connectivity index (χ4n) is 3.01. The third-order valence-corrected chi connectivity index (χ3v) is 5.73. The number of hydrogen-bond donors (Lipinski definition) is 4. The highest BCUT2D eigenvalue weighted by Crippen LogP contribution is 2.42. The lowest BCUT2D eigenvalue weighted by molar-refractivity contribution is 0.465. The summed E-state index contributed by atoms with van der Waals surface area (Å²) in [4.78, 5) is 6.90. The van der Waals surface area contributed by atoms with E-state index in [1.54, 1.807) is 11.3 Å². The highest BCUT2D eigenvalue weighted by molar-refractivity contribution is 7.14. The zero-order valence-electron chi connectivity index (χ0n) is 13.6. The Kier molecular flexibility index (Phi) is 5.13. The van der Waals surface area contributed by atoms with Gasteiger partial charge in [-0.25, -0.2) is 4.99 Å². The van der Waals surface area contributed by atoms with Crippen LogP contribution < -0.4 is 16.4 Å². The number of rotatable bonds is 5. The number of nitrogens with zero attached hydrogens (tertiary/aromatic N) is 1. The molecule has 1 saturated heterocycles. The van der Waals surface area contributed by atoms with Gasteiger partial charge in [0.1, 0.15) is 11.5 Å². The molecule has 6 heteroatoms. The number of aliphatic imine (C=N–C) groups is 1. The van der Waals surface area contributed by atoms with Gasteiger partial charge in [-0.05, 0) is 44.3 Å². The van der Waals surface area contributed by atoms with E-state index in [0.717, 1.165) is 48.6 Å². The van der Waals surface area contributed by atoms with Crippen molar-refractivity contribution >= 4 is 34.1 Å². The van der Waals surface area contributed by atoms with Crippen molar-refractivity contribution in [3.63, 3.8) is 0 Å². The number of amidine groups is 1. The normalized spacial score (nSPS) is 20.5. The third kappa shape index (κ3) is 3.48. The smallest absolute Gasteiger partial charge is 0.150 e. The summed E-state index contributed by atoms with van der Waals surface area (Å²) in [7, 11) is 0. The highest BCUT2D eigenvalue weighted by Gasteiger charge is 2.26. The monoisotopic (exact) mass is 331 g/mol. The number of thiophene rings is 1. The van der Waals surface area contributed by atoms with Gasteiger partial charge in [-0.15, -0.1) is 11.3 Å². The molecule has 124 valence electrons. The maximum atomic E-state index is 8.25. The molecule has 0 radical (unpaired) electrons. The quantitative estimate of drug-likeness (QED) is 0.626. The fraction of sp³-hybridized carbons (Fsp3) is 0.529. The molecule has 1 aromatic rings. The Bertz CT molecular complexity index is 637. The topological polar surface area (TPSA) is 86.3 Å². The molecule has 1 fully saturated rings. The molecule has 23 heavy (non-hydrogen) atoms. The Morgan fingerprint density at radius 3 is 3.00 bits per heavy atom. The van der Waals surface area contributed by atoms with Gasteiger partial charge in [0.2, 0.25) is 0 Å². The van der Waals surface area contributed by atoms with Crippen molar-refractivity contribution in [3.05, 3.63) is 22.0 Å². The van der Waals surface area contributed by atoms with Crippen LogP contribution in [0, 0.1) is 5.41 Å². The minimum absolute atomic E-state index is 0.315. The number of nitrogens with one attached hydrogen (secondary N) is 3. The van der Waals surface area contributed by atoms with Crippen molar-refractivity contribution in [1.82, 2.24) is 10.6 Å². The Balaban J connectivity index is 1.87. The van der Waals surface area contributed by atoms with Crippen LogP contribution in [0.15, 0.2) is 17.3 Å². The molecule has 2 aliphatic heterocycles. The summed E-state index contributed by atoms with van der Waals surface area (Å²) in [6, 6.07) is 2.18. The zero-order valence-corrected chi connectivity index (χ0v) is 14.4. The first kappa shape index (κ1) is 16.2. The highest BCUT2D eigenvalue weighted by atomic mass is 32.1. The van der Waals surface area contributed by atoms with Gasteiger partial charge in [0.25, 0.3) is 0 Å². The van der Waals surface area contributed by atoms with Crippen molar-refractivity contribution in [1.29, 1.82) is 5.41 Å². The average Bonchev–Trinajstić information content (AvgIpc) is 2.99. The first-order valence-electron chi connectivity index (χ1n) is 8.42. The lowest BCUT2D eigenvalue weighted by atomic mass is 9.96. The van der Waals surface area contributed by atoms with Crippen LogP contribution in [0.1, 0.15) is 48.3 Å². The Morgan fingerprint density at radius 1 is 1.48 bits per heavy atom. The molecule has 0 aromatic carbocycles. The minimum Gasteiger partial charge on any atom is -0.390 e. The van der Waals surface area contributed by atoms with Crippen LogP contribution in [-0.4, -0.2) is 31.2 Å². The molecular formula is C17H25N5S. The van der Waals surface area contributed by atoms with Gasteiger partial charge in [0.05, 0.1) is 10.6 Å². The molecular weight excluding hydrogens is 306 g/mol. The summed E-state index contributed by atoms with van der Waals surface area (Å²) in [5.74, 6) is 0.919. The number of nitrogens with two attached hydrogens (primary N) is 1. The first-order chi connectivity index (χ1) is 11.2. The number of hydrogen-bond acceptors (Lipinski definition) is 6. The van der Waals surface area contributed by atoms with Gasteiger partial charge >= 0.3 is 0 Å². The maximum Gasteiger partial charge on any atom is 0.150 e. The average molecular weight is 331 g/mol. The first-order valence-corrected chi connectivity index (χ1v) is 9.24. The summed E-state index contributed by atoms with van der Waals surface area (Å²) >= 11 is 1.78. The summed E-state index contributed by atoms with van der Waals surface area (Å²) in [5, 5.41) is 15.0. The van der Waals surface area contributed by atoms with Gasteiger partial charge in [0.15, 0.2) is 0 Å². The third-order valence-electron chi connectivity index (χ3n) is 4.41. The van der Waals surface area contributed by atoms with Crippen LogP contribution in [0.3, 0.4) is 0 Å². The van der Waals surface area contributed by atoms with Crippen LogP contribution in [0.4, 0.5) is 5.69 Å². The van der Waals surface area contributed by atoms with Gasteiger partial charge in [-0.1, -0.05) is 13.3 Å². The maximum absolute atomic E-state index is 8.25. The van der Waals surface area contributed by atoms with Crippen LogP contribution in [0.2, 0.25) is 0 Å². The molecule has 0 bridgehead atoms. The van der Waals surface area contributed by atoms with Crippen LogP contribution in [-0.2, 0) is 0 Å². The number of unbranched alkanes of at least 4 members (excludes halogenated alkanes) is 1. The van der Waals surface area contributed by atoms with E-state index >= 15 is 0 Å². The van der Waals surface area contributed by atoms with Gasteiger partial charge in [0, 0.05) is 23.2 Å². The summed E-state index contributed by atoms with van der Waals surface area (Å²) in [5.41, 5.74) is 8.10. The van der Waals surface area contributed by atoms with Gasteiger partial charge in [-0.3, -0.25) is 5.41 Å². The Labute approximate surface area is 141 Å². The summed E-state index contributed by atoms with van der Waals surface area (Å²) in [6.07, 6.45) is 6.56. The summed E-state index contributed by atoms with van der Waals surface area (Å²) < 4.78 is 0. The molecule has 0 saturated carbocycles. The molecule has 5 nitrogen and oxygen atoms in total. The van der Waals surface area contributed by atoms with E-state index in [-0.39, 0.29) is 0 Å². The Hall–Kier alpha value is -1.66. The van der Waals surface area contributed by atoms with Crippen LogP contribution in [0.5, 0.6) is 0 Å². The molecule has 0 spiro atoms. The second kappa shape index (κ2) is 7.27. The molecule has 0 amide bonds. The van der Waals surface area contributed by atoms with E-state index in [4.69, 9.17) is 11.1 Å². The molecule has 0 unspecified atom stereocenters. The van der Waals surface area contributed by atoms with E-state index in [0.29, 0.717) is 17.5 Å². The molecule has 0 aliphatic carbocycles. The van der Waals surface area contributed by atoms with Crippen molar-refractivity contribution in [2.45, 2.75) is 38.5 Å². The number of piperidine rings is 1. The second-order valence-electron chi connectivity index (χ2n) is 6.13. The van der Waals surface area contributed by atoms with Crippen molar-refractivity contribution < 1.29 is 0 Å². The van der Waals surface area contributed by atoms with Gasteiger partial charge in [-0.2, -0.15) is 0 Å². The lowest BCUT2D eigenvalue weighted by Crippen LogP contribution is -2.27. The van der Waals surface area contributed by atoms with E-state index < -0.39 is 0 Å². The van der Waals surface area contributed by atoms with Crippen molar-refractivity contribution in [2.75, 3.05) is 19.6 Å². The van der Waals surface area contributed by atoms with E-state index in [2.05, 4.69) is 28.6 Å². The van der Waals surface area contributed by atoms with E-state index in [1.807, 2.05) is 6.20 Å². The second-order valence-corrected chi connectivity index (χ2v) is 7.21. The standard InChI is InChI=1S/C17H25N5S/c1-2-3-6-21-10-12-15(18)17(19)22-13-9-14(23-16(12)13)11-4-7-20-8-5-11/h9-11,18,20-21H,2-8H2,1H3,(H2,19,22)/b12-10+,18-15?. The van der Waals surface area contributed by atoms with Crippen LogP contribution >= 0.6 is 11.3 Å². The number of fused-ring (bicyclic) bond motifs is 1. The van der Waals surface area contributed by atoms with Crippen molar-refractivity contribution in [2.24, 2.45) is 10.7 Å². The Morgan fingerprint density at radius 2 is 2.26 bits per heavy atom. The molecule has 5 N–H and O–H groups in total. The zero-order chi connectivity index (χ0) is 16.2. The van der Waals surface area contributed by atoms with Gasteiger partial charge < -0.3 is 16.4 Å². The molecule has 0 atom stereocenters. The molecule has 3 rings (SSSR count). The van der Waals surface area contributed by atoms with E-state index in [9.17, 15) is 0 Å². The van der Waals surface area contributed by atoms with Crippen molar-refractivity contribution in [3.8, 4) is 0 Å². The van der Waals surface area contributed by atoms with E-state index in [1.165, 1.54) is 17.7 Å². The fourth-order valence-corrected chi connectivity index (χ4v) is 4.30. The largest absolute Gasteiger partial charge is 0.390 e.